The molecule has 2 heteroatoms. The van der Waals surface area contributed by atoms with Crippen molar-refractivity contribution in [1.82, 2.24) is 0 Å². The topological polar surface area (TPSA) is 9.23 Å². The third-order valence-electron chi connectivity index (χ3n) is 4.53. The van der Waals surface area contributed by atoms with Crippen molar-refractivity contribution in [3.63, 3.8) is 0 Å². The van der Waals surface area contributed by atoms with E-state index in [4.69, 9.17) is 4.43 Å². The van der Waals surface area contributed by atoms with Crippen LogP contribution in [-0.2, 0) is 4.43 Å². The molecule has 0 aliphatic rings. The van der Waals surface area contributed by atoms with Gasteiger partial charge in [0.25, 0.3) is 0 Å². The van der Waals surface area contributed by atoms with Crippen molar-refractivity contribution in [2.45, 2.75) is 38.9 Å². The molecule has 0 saturated heterocycles. The Hall–Kier alpha value is -2.24. The first-order valence-electron chi connectivity index (χ1n) is 8.25. The molecule has 0 aliphatic carbocycles. The van der Waals surface area contributed by atoms with Gasteiger partial charge in [0.1, 0.15) is 5.76 Å². The van der Waals surface area contributed by atoms with E-state index < -0.39 is 8.32 Å². The largest absolute Gasteiger partial charge is 0.543 e. The average Bonchev–Trinajstić information content (AvgIpc) is 2.52. The Morgan fingerprint density at radius 1 is 0.917 bits per heavy atom. The van der Waals surface area contributed by atoms with Crippen LogP contribution >= 0.6 is 0 Å². The summed E-state index contributed by atoms with van der Waals surface area (Å²) in [5.74, 6) is 7.20. The molecule has 2 aromatic rings. The van der Waals surface area contributed by atoms with Gasteiger partial charge in [0.05, 0.1) is 0 Å². The fourth-order valence-electron chi connectivity index (χ4n) is 2.01. The van der Waals surface area contributed by atoms with E-state index in [1.165, 1.54) is 0 Å². The normalized spacial score (nSPS) is 11.4. The first kappa shape index (κ1) is 18.1. The fourth-order valence-corrected chi connectivity index (χ4v) is 3.04. The summed E-state index contributed by atoms with van der Waals surface area (Å²) >= 11 is 0. The molecule has 0 bridgehead atoms. The molecule has 124 valence electrons. The Bertz CT molecular complexity index is 771. The maximum Gasteiger partial charge on any atom is 0.250 e. The quantitative estimate of drug-likeness (QED) is 0.375. The van der Waals surface area contributed by atoms with Crippen LogP contribution < -0.4 is 0 Å². The zero-order valence-electron chi connectivity index (χ0n) is 15.3. The Morgan fingerprint density at radius 2 is 1.50 bits per heavy atom. The first-order chi connectivity index (χ1) is 11.2. The minimum Gasteiger partial charge on any atom is -0.543 e. The zero-order chi connectivity index (χ0) is 17.8. The molecule has 0 aliphatic heterocycles. The molecule has 0 spiro atoms. The second-order valence-electron chi connectivity index (χ2n) is 7.45. The molecule has 0 N–H and O–H groups in total. The van der Waals surface area contributed by atoms with Crippen LogP contribution in [0.25, 0.3) is 5.76 Å². The number of benzene rings is 2. The smallest absolute Gasteiger partial charge is 0.250 e. The second kappa shape index (κ2) is 7.11. The van der Waals surface area contributed by atoms with E-state index in [2.05, 4.69) is 52.3 Å². The molecule has 24 heavy (non-hydrogen) atoms. The molecule has 0 radical (unpaired) electrons. The Morgan fingerprint density at radius 3 is 2.12 bits per heavy atom. The maximum absolute atomic E-state index is 6.36. The van der Waals surface area contributed by atoms with Crippen molar-refractivity contribution >= 4 is 14.1 Å². The highest BCUT2D eigenvalue weighted by atomic mass is 28.4. The van der Waals surface area contributed by atoms with Gasteiger partial charge >= 0.3 is 0 Å². The van der Waals surface area contributed by atoms with E-state index in [0.29, 0.717) is 0 Å². The number of hydrogen-bond donors (Lipinski definition) is 0. The molecular formula is C22H26OSi. The molecule has 0 aromatic heterocycles. The van der Waals surface area contributed by atoms with Gasteiger partial charge in [-0.3, -0.25) is 0 Å². The highest BCUT2D eigenvalue weighted by Gasteiger charge is 2.39. The first-order valence-corrected chi connectivity index (χ1v) is 11.2. The summed E-state index contributed by atoms with van der Waals surface area (Å²) in [6.07, 6.45) is 0. The van der Waals surface area contributed by atoms with Crippen LogP contribution in [0.3, 0.4) is 0 Å². The predicted octanol–water partition coefficient (Wildman–Crippen LogP) is 6.08. The van der Waals surface area contributed by atoms with Crippen molar-refractivity contribution in [2.24, 2.45) is 0 Å². The maximum atomic E-state index is 6.36. The van der Waals surface area contributed by atoms with Gasteiger partial charge in [0.15, 0.2) is 0 Å². The van der Waals surface area contributed by atoms with E-state index in [-0.39, 0.29) is 5.04 Å². The SMILES string of the molecule is C=C(O[Si](C)(C)C(C)(C)C)c1ccccc1C#Cc1ccccc1. The molecule has 0 unspecified atom stereocenters. The lowest BCUT2D eigenvalue weighted by molar-refractivity contribution is 0.459. The van der Waals surface area contributed by atoms with Crippen LogP contribution in [0.5, 0.6) is 0 Å². The van der Waals surface area contributed by atoms with E-state index in [0.717, 1.165) is 22.4 Å². The second-order valence-corrected chi connectivity index (χ2v) is 12.2. The van der Waals surface area contributed by atoms with Crippen LogP contribution in [0.1, 0.15) is 37.5 Å². The summed E-state index contributed by atoms with van der Waals surface area (Å²) in [5.41, 5.74) is 2.93. The highest BCUT2D eigenvalue weighted by molar-refractivity contribution is 6.74. The molecule has 0 saturated carbocycles. The van der Waals surface area contributed by atoms with Gasteiger partial charge < -0.3 is 4.43 Å². The number of hydrogen-bond acceptors (Lipinski definition) is 1. The summed E-state index contributed by atoms with van der Waals surface area (Å²) < 4.78 is 6.36. The monoisotopic (exact) mass is 334 g/mol. The van der Waals surface area contributed by atoms with Gasteiger partial charge in [-0.25, -0.2) is 0 Å². The molecule has 0 atom stereocenters. The molecule has 2 rings (SSSR count). The van der Waals surface area contributed by atoms with Crippen molar-refractivity contribution in [3.8, 4) is 11.8 Å². The van der Waals surface area contributed by atoms with Crippen LogP contribution in [0, 0.1) is 11.8 Å². The fraction of sp³-hybridized carbons (Fsp3) is 0.273. The van der Waals surface area contributed by atoms with Crippen molar-refractivity contribution in [2.75, 3.05) is 0 Å². The van der Waals surface area contributed by atoms with Crippen LogP contribution in [0.15, 0.2) is 61.2 Å². The third-order valence-corrected chi connectivity index (χ3v) is 8.90. The molecule has 1 nitrogen and oxygen atoms in total. The summed E-state index contributed by atoms with van der Waals surface area (Å²) in [4.78, 5) is 0. The summed E-state index contributed by atoms with van der Waals surface area (Å²) in [7, 11) is -1.91. The van der Waals surface area contributed by atoms with Crippen LogP contribution in [0.4, 0.5) is 0 Å². The van der Waals surface area contributed by atoms with Gasteiger partial charge in [-0.1, -0.05) is 75.6 Å². The molecule has 0 heterocycles. The summed E-state index contributed by atoms with van der Waals surface area (Å²) in [5, 5.41) is 0.139. The molecular weight excluding hydrogens is 308 g/mol. The minimum absolute atomic E-state index is 0.139. The van der Waals surface area contributed by atoms with E-state index in [9.17, 15) is 0 Å². The van der Waals surface area contributed by atoms with Crippen LogP contribution in [-0.4, -0.2) is 8.32 Å². The summed E-state index contributed by atoms with van der Waals surface area (Å²) in [6.45, 7) is 15.3. The van der Waals surface area contributed by atoms with E-state index in [1.807, 2.05) is 54.6 Å². The Balaban J connectivity index is 2.30. The molecule has 0 fully saturated rings. The van der Waals surface area contributed by atoms with Crippen molar-refractivity contribution < 1.29 is 4.43 Å². The average molecular weight is 335 g/mol. The lowest BCUT2D eigenvalue weighted by Gasteiger charge is -2.37. The Kier molecular flexibility index (Phi) is 5.36. The zero-order valence-corrected chi connectivity index (χ0v) is 16.3. The van der Waals surface area contributed by atoms with Gasteiger partial charge in [-0.15, -0.1) is 0 Å². The lowest BCUT2D eigenvalue weighted by Crippen LogP contribution is -2.40. The third kappa shape index (κ3) is 4.40. The van der Waals surface area contributed by atoms with Gasteiger partial charge in [-0.05, 0) is 36.3 Å². The Labute approximate surface area is 147 Å². The van der Waals surface area contributed by atoms with Crippen molar-refractivity contribution in [1.29, 1.82) is 0 Å². The summed E-state index contributed by atoms with van der Waals surface area (Å²) in [6, 6.07) is 18.1. The van der Waals surface area contributed by atoms with Gasteiger partial charge in [-0.2, -0.15) is 0 Å². The minimum atomic E-state index is -1.91. The highest BCUT2D eigenvalue weighted by Crippen LogP contribution is 2.39. The standard InChI is InChI=1S/C22H26OSi/c1-18(23-24(5,6)22(2,3)4)21-15-11-10-14-20(21)17-16-19-12-8-7-9-13-19/h7-15H,1H2,2-6H3. The lowest BCUT2D eigenvalue weighted by atomic mass is 10.1. The van der Waals surface area contributed by atoms with E-state index >= 15 is 0 Å². The van der Waals surface area contributed by atoms with Gasteiger partial charge in [0.2, 0.25) is 8.32 Å². The molecule has 0 amide bonds. The van der Waals surface area contributed by atoms with Gasteiger partial charge in [0, 0.05) is 16.7 Å². The number of rotatable bonds is 3. The van der Waals surface area contributed by atoms with Crippen LogP contribution in [0.2, 0.25) is 18.1 Å². The predicted molar refractivity (Wildman–Crippen MR) is 106 cm³/mol. The molecule has 2 aromatic carbocycles. The van der Waals surface area contributed by atoms with Crippen molar-refractivity contribution in [3.05, 3.63) is 77.9 Å². The van der Waals surface area contributed by atoms with E-state index in [1.54, 1.807) is 0 Å².